The summed E-state index contributed by atoms with van der Waals surface area (Å²) >= 11 is 0. The topological polar surface area (TPSA) is 103 Å². The highest BCUT2D eigenvalue weighted by molar-refractivity contribution is 5.96. The zero-order chi connectivity index (χ0) is 26.3. The molecule has 8 nitrogen and oxygen atoms in total. The van der Waals surface area contributed by atoms with Gasteiger partial charge in [-0.25, -0.2) is 9.48 Å². The molecule has 36 heavy (non-hydrogen) atoms. The third-order valence-electron chi connectivity index (χ3n) is 5.67. The molecule has 2 N–H and O–H groups in total. The van der Waals surface area contributed by atoms with Gasteiger partial charge in [0.25, 0.3) is 0 Å². The third-order valence-corrected chi connectivity index (χ3v) is 5.67. The van der Waals surface area contributed by atoms with Gasteiger partial charge in [-0.05, 0) is 43.7 Å². The molecule has 0 unspecified atom stereocenters. The van der Waals surface area contributed by atoms with Gasteiger partial charge < -0.3 is 15.5 Å². The lowest BCUT2D eigenvalue weighted by Crippen LogP contribution is -2.41. The number of nitrogens with zero attached hydrogens (tertiary/aromatic N) is 4. The fourth-order valence-electron chi connectivity index (χ4n) is 3.55. The maximum atomic E-state index is 13.1. The molecule has 188 valence electrons. The van der Waals surface area contributed by atoms with E-state index >= 15 is 0 Å². The Morgan fingerprint density at radius 3 is 2.44 bits per heavy atom. The van der Waals surface area contributed by atoms with Crippen molar-refractivity contribution in [3.8, 4) is 11.8 Å². The SMILES string of the molecule is CCCCN(CC(=O)Nc1cc(C(C)(C)C)nn1-c1ccc(C)cc1)C(=O)Nc1cccc(C#N)c1. The fraction of sp³-hybridized carbons (Fsp3) is 0.357. The molecule has 0 saturated heterocycles. The van der Waals surface area contributed by atoms with Crippen LogP contribution in [0.3, 0.4) is 0 Å². The molecule has 0 aliphatic rings. The first-order valence-electron chi connectivity index (χ1n) is 12.1. The van der Waals surface area contributed by atoms with E-state index in [1.807, 2.05) is 44.2 Å². The number of benzene rings is 2. The molecule has 3 aromatic rings. The van der Waals surface area contributed by atoms with Gasteiger partial charge in [0.05, 0.1) is 23.0 Å². The van der Waals surface area contributed by atoms with Crippen LogP contribution in [0.1, 0.15) is 57.4 Å². The molecule has 2 aromatic carbocycles. The summed E-state index contributed by atoms with van der Waals surface area (Å²) in [6, 6.07) is 18.1. The Morgan fingerprint density at radius 1 is 1.08 bits per heavy atom. The van der Waals surface area contributed by atoms with Crippen molar-refractivity contribution in [2.45, 2.75) is 52.9 Å². The second kappa shape index (κ2) is 11.5. The van der Waals surface area contributed by atoms with Crippen molar-refractivity contribution in [1.82, 2.24) is 14.7 Å². The minimum atomic E-state index is -0.392. The lowest BCUT2D eigenvalue weighted by Gasteiger charge is -2.22. The van der Waals surface area contributed by atoms with Crippen LogP contribution in [0.2, 0.25) is 0 Å². The van der Waals surface area contributed by atoms with Gasteiger partial charge in [-0.3, -0.25) is 4.79 Å². The summed E-state index contributed by atoms with van der Waals surface area (Å²) in [6.07, 6.45) is 1.64. The van der Waals surface area contributed by atoms with E-state index in [-0.39, 0.29) is 17.9 Å². The monoisotopic (exact) mass is 486 g/mol. The number of nitriles is 1. The van der Waals surface area contributed by atoms with Crippen LogP contribution in [0.5, 0.6) is 0 Å². The Bertz CT molecular complexity index is 1250. The summed E-state index contributed by atoms with van der Waals surface area (Å²) in [5, 5.41) is 19.6. The maximum Gasteiger partial charge on any atom is 0.322 e. The molecule has 0 saturated carbocycles. The molecule has 0 bridgehead atoms. The van der Waals surface area contributed by atoms with E-state index in [4.69, 9.17) is 10.4 Å². The number of aromatic nitrogens is 2. The summed E-state index contributed by atoms with van der Waals surface area (Å²) in [6.45, 7) is 10.6. The van der Waals surface area contributed by atoms with E-state index in [2.05, 4.69) is 37.5 Å². The van der Waals surface area contributed by atoms with Crippen LogP contribution in [0.25, 0.3) is 5.69 Å². The summed E-state index contributed by atoms with van der Waals surface area (Å²) in [7, 11) is 0. The van der Waals surface area contributed by atoms with Crippen molar-refractivity contribution in [2.24, 2.45) is 0 Å². The summed E-state index contributed by atoms with van der Waals surface area (Å²) in [5.41, 5.74) is 3.56. The normalized spacial score (nSPS) is 11.0. The quantitative estimate of drug-likeness (QED) is 0.431. The molecule has 0 aliphatic heterocycles. The van der Waals surface area contributed by atoms with E-state index in [0.29, 0.717) is 23.6 Å². The number of nitrogens with one attached hydrogen (secondary N) is 2. The summed E-state index contributed by atoms with van der Waals surface area (Å²) in [4.78, 5) is 27.6. The predicted molar refractivity (Wildman–Crippen MR) is 142 cm³/mol. The van der Waals surface area contributed by atoms with Crippen LogP contribution in [-0.4, -0.2) is 39.7 Å². The average molecular weight is 487 g/mol. The van der Waals surface area contributed by atoms with E-state index in [0.717, 1.165) is 29.8 Å². The van der Waals surface area contributed by atoms with Crippen molar-refractivity contribution in [2.75, 3.05) is 23.7 Å². The van der Waals surface area contributed by atoms with Gasteiger partial charge in [0.15, 0.2) is 0 Å². The highest BCUT2D eigenvalue weighted by atomic mass is 16.2. The molecule has 1 aromatic heterocycles. The van der Waals surface area contributed by atoms with Crippen molar-refractivity contribution in [3.63, 3.8) is 0 Å². The van der Waals surface area contributed by atoms with Crippen molar-refractivity contribution in [1.29, 1.82) is 5.26 Å². The number of hydrogen-bond acceptors (Lipinski definition) is 4. The maximum absolute atomic E-state index is 13.1. The first-order chi connectivity index (χ1) is 17.1. The van der Waals surface area contributed by atoms with Gasteiger partial charge in [0, 0.05) is 23.7 Å². The second-order valence-electron chi connectivity index (χ2n) is 9.86. The van der Waals surface area contributed by atoms with Gasteiger partial charge in [-0.1, -0.05) is 57.9 Å². The standard InChI is InChI=1S/C28H34N6O2/c1-6-7-15-33(27(36)30-22-10-8-9-21(16-22)18-29)19-26(35)31-25-17-24(28(3,4)5)32-34(25)23-13-11-20(2)12-14-23/h8-14,16-17H,6-7,15,19H2,1-5H3,(H,30,36)(H,31,35). The molecule has 0 spiro atoms. The average Bonchev–Trinajstić information content (AvgIpc) is 3.26. The molecule has 8 heteroatoms. The molecule has 3 amide bonds. The lowest BCUT2D eigenvalue weighted by atomic mass is 9.92. The van der Waals surface area contributed by atoms with Gasteiger partial charge in [0.2, 0.25) is 5.91 Å². The molecule has 0 aliphatic carbocycles. The number of unbranched alkanes of at least 4 members (excludes halogenated alkanes) is 1. The molecule has 0 atom stereocenters. The molecule has 1 heterocycles. The molecule has 0 fully saturated rings. The Kier molecular flexibility index (Phi) is 8.49. The first-order valence-corrected chi connectivity index (χ1v) is 12.1. The largest absolute Gasteiger partial charge is 0.322 e. The fourth-order valence-corrected chi connectivity index (χ4v) is 3.55. The number of rotatable bonds is 8. The van der Waals surface area contributed by atoms with Crippen LogP contribution < -0.4 is 10.6 Å². The van der Waals surface area contributed by atoms with Crippen LogP contribution in [0.15, 0.2) is 54.6 Å². The highest BCUT2D eigenvalue weighted by Gasteiger charge is 2.23. The smallest absolute Gasteiger partial charge is 0.315 e. The first kappa shape index (κ1) is 26.5. The summed E-state index contributed by atoms with van der Waals surface area (Å²) < 4.78 is 1.72. The molecular formula is C28H34N6O2. The van der Waals surface area contributed by atoms with Crippen LogP contribution in [0.4, 0.5) is 16.3 Å². The van der Waals surface area contributed by atoms with Gasteiger partial charge in [0.1, 0.15) is 12.4 Å². The molecule has 0 radical (unpaired) electrons. The third kappa shape index (κ3) is 6.95. The Hall–Kier alpha value is -4.12. The van der Waals surface area contributed by atoms with E-state index in [1.165, 1.54) is 4.90 Å². The van der Waals surface area contributed by atoms with Crippen molar-refractivity contribution < 1.29 is 9.59 Å². The van der Waals surface area contributed by atoms with Gasteiger partial charge in [-0.15, -0.1) is 0 Å². The number of aryl methyl sites for hydroxylation is 1. The Labute approximate surface area is 212 Å². The Balaban J connectivity index is 1.80. The van der Waals surface area contributed by atoms with Crippen LogP contribution in [-0.2, 0) is 10.2 Å². The van der Waals surface area contributed by atoms with Crippen LogP contribution in [0, 0.1) is 18.3 Å². The lowest BCUT2D eigenvalue weighted by molar-refractivity contribution is -0.116. The van der Waals surface area contributed by atoms with E-state index in [1.54, 1.807) is 28.9 Å². The summed E-state index contributed by atoms with van der Waals surface area (Å²) in [5.74, 6) is 0.229. The van der Waals surface area contributed by atoms with Crippen molar-refractivity contribution in [3.05, 3.63) is 71.4 Å². The van der Waals surface area contributed by atoms with Crippen LogP contribution >= 0.6 is 0 Å². The Morgan fingerprint density at radius 2 is 1.81 bits per heavy atom. The second-order valence-corrected chi connectivity index (χ2v) is 9.86. The minimum absolute atomic E-state index is 0.117. The molecular weight excluding hydrogens is 452 g/mol. The number of carbonyl (C=O) groups is 2. The van der Waals surface area contributed by atoms with E-state index in [9.17, 15) is 9.59 Å². The number of anilines is 2. The van der Waals surface area contributed by atoms with Gasteiger partial charge in [-0.2, -0.15) is 10.4 Å². The van der Waals surface area contributed by atoms with Crippen molar-refractivity contribution >= 4 is 23.4 Å². The number of urea groups is 1. The number of hydrogen-bond donors (Lipinski definition) is 2. The van der Waals surface area contributed by atoms with E-state index < -0.39 is 6.03 Å². The zero-order valence-corrected chi connectivity index (χ0v) is 21.6. The number of amides is 3. The highest BCUT2D eigenvalue weighted by Crippen LogP contribution is 2.26. The minimum Gasteiger partial charge on any atom is -0.315 e. The number of carbonyl (C=O) groups excluding carboxylic acids is 2. The predicted octanol–water partition coefficient (Wildman–Crippen LogP) is 5.62. The van der Waals surface area contributed by atoms with Gasteiger partial charge >= 0.3 is 6.03 Å². The zero-order valence-electron chi connectivity index (χ0n) is 21.6. The molecule has 3 rings (SSSR count).